The molecule has 0 aliphatic carbocycles. The fourth-order valence-electron chi connectivity index (χ4n) is 1.81. The lowest BCUT2D eigenvalue weighted by atomic mass is 10.3. The molecule has 0 saturated carbocycles. The van der Waals surface area contributed by atoms with Crippen molar-refractivity contribution >= 4 is 27.5 Å². The second-order valence-corrected chi connectivity index (χ2v) is 5.72. The van der Waals surface area contributed by atoms with Crippen molar-refractivity contribution < 1.29 is 14.2 Å². The van der Waals surface area contributed by atoms with E-state index >= 15 is 0 Å². The maximum atomic E-state index is 5.79. The Morgan fingerprint density at radius 1 is 1.19 bits per heavy atom. The second kappa shape index (κ2) is 8.11. The number of aromatic nitrogens is 2. The summed E-state index contributed by atoms with van der Waals surface area (Å²) in [5.74, 6) is 1.21. The standard InChI is InChI=1S/C14H21N3O3S/c1-10-9-11-12(16-14(15-2)17-13(11)21-10)20-6-4-5-19-8-7-18-3/h9H,4-8H2,1-3H3,(H,15,16,17). The molecule has 2 heterocycles. The first kappa shape index (κ1) is 15.9. The molecule has 0 amide bonds. The third kappa shape index (κ3) is 4.52. The van der Waals surface area contributed by atoms with Crippen LogP contribution in [0.15, 0.2) is 6.07 Å². The second-order valence-electron chi connectivity index (χ2n) is 4.49. The third-order valence-electron chi connectivity index (χ3n) is 2.81. The van der Waals surface area contributed by atoms with Gasteiger partial charge in [0.25, 0.3) is 0 Å². The number of nitrogens with zero attached hydrogens (tertiary/aromatic N) is 2. The van der Waals surface area contributed by atoms with E-state index < -0.39 is 0 Å². The highest BCUT2D eigenvalue weighted by molar-refractivity contribution is 7.18. The molecule has 0 aromatic carbocycles. The molecule has 2 aromatic heterocycles. The zero-order valence-corrected chi connectivity index (χ0v) is 13.5. The minimum atomic E-state index is 0.567. The van der Waals surface area contributed by atoms with Crippen LogP contribution >= 0.6 is 11.3 Å². The molecule has 0 aliphatic heterocycles. The number of rotatable bonds is 9. The summed E-state index contributed by atoms with van der Waals surface area (Å²) >= 11 is 1.64. The average Bonchev–Trinajstić information content (AvgIpc) is 2.86. The highest BCUT2D eigenvalue weighted by atomic mass is 32.1. The Morgan fingerprint density at radius 2 is 2.05 bits per heavy atom. The van der Waals surface area contributed by atoms with Gasteiger partial charge in [-0.2, -0.15) is 4.98 Å². The minimum Gasteiger partial charge on any atom is -0.477 e. The summed E-state index contributed by atoms with van der Waals surface area (Å²) in [5.41, 5.74) is 0. The summed E-state index contributed by atoms with van der Waals surface area (Å²) < 4.78 is 16.1. The van der Waals surface area contributed by atoms with Gasteiger partial charge in [0, 0.05) is 32.1 Å². The Balaban J connectivity index is 1.91. The number of anilines is 1. The van der Waals surface area contributed by atoms with Crippen LogP contribution in [0.2, 0.25) is 0 Å². The molecule has 0 fully saturated rings. The van der Waals surface area contributed by atoms with E-state index in [1.807, 2.05) is 0 Å². The van der Waals surface area contributed by atoms with Crippen LogP contribution in [0.4, 0.5) is 5.95 Å². The largest absolute Gasteiger partial charge is 0.477 e. The van der Waals surface area contributed by atoms with Crippen LogP contribution in [0.1, 0.15) is 11.3 Å². The van der Waals surface area contributed by atoms with Crippen molar-refractivity contribution in [2.24, 2.45) is 0 Å². The van der Waals surface area contributed by atoms with Crippen LogP contribution in [-0.2, 0) is 9.47 Å². The van der Waals surface area contributed by atoms with Crippen LogP contribution in [0, 0.1) is 6.92 Å². The van der Waals surface area contributed by atoms with Crippen molar-refractivity contribution in [2.45, 2.75) is 13.3 Å². The first-order chi connectivity index (χ1) is 10.2. The van der Waals surface area contributed by atoms with Gasteiger partial charge in [0.1, 0.15) is 4.83 Å². The number of nitrogens with one attached hydrogen (secondary N) is 1. The molecule has 0 unspecified atom stereocenters. The van der Waals surface area contributed by atoms with Gasteiger partial charge in [-0.15, -0.1) is 11.3 Å². The molecule has 0 saturated heterocycles. The highest BCUT2D eigenvalue weighted by Gasteiger charge is 2.11. The van der Waals surface area contributed by atoms with Crippen molar-refractivity contribution in [2.75, 3.05) is 45.9 Å². The number of ether oxygens (including phenoxy) is 3. The van der Waals surface area contributed by atoms with E-state index in [9.17, 15) is 0 Å². The predicted octanol–water partition coefficient (Wildman–Crippen LogP) is 2.47. The number of fused-ring (bicyclic) bond motifs is 1. The molecule has 0 aliphatic rings. The van der Waals surface area contributed by atoms with Crippen molar-refractivity contribution in [3.05, 3.63) is 10.9 Å². The maximum absolute atomic E-state index is 5.79. The Kier molecular flexibility index (Phi) is 6.16. The fourth-order valence-corrected chi connectivity index (χ4v) is 2.68. The zero-order valence-electron chi connectivity index (χ0n) is 12.6. The Bertz CT molecular complexity index is 574. The first-order valence-electron chi connectivity index (χ1n) is 6.90. The molecule has 0 bridgehead atoms. The average molecular weight is 311 g/mol. The van der Waals surface area contributed by atoms with Gasteiger partial charge >= 0.3 is 0 Å². The lowest BCUT2D eigenvalue weighted by Gasteiger charge is -2.08. The van der Waals surface area contributed by atoms with Gasteiger partial charge in [0.05, 0.1) is 25.2 Å². The number of hydrogen-bond acceptors (Lipinski definition) is 7. The first-order valence-corrected chi connectivity index (χ1v) is 7.71. The summed E-state index contributed by atoms with van der Waals surface area (Å²) in [6.07, 6.45) is 0.813. The number of hydrogen-bond donors (Lipinski definition) is 1. The molecule has 1 N–H and O–H groups in total. The molecule has 7 heteroatoms. The lowest BCUT2D eigenvalue weighted by Crippen LogP contribution is -2.08. The summed E-state index contributed by atoms with van der Waals surface area (Å²) in [5, 5.41) is 3.93. The van der Waals surface area contributed by atoms with E-state index in [1.165, 1.54) is 4.88 Å². The van der Waals surface area contributed by atoms with Crippen LogP contribution < -0.4 is 10.1 Å². The minimum absolute atomic E-state index is 0.567. The molecule has 21 heavy (non-hydrogen) atoms. The van der Waals surface area contributed by atoms with E-state index in [4.69, 9.17) is 14.2 Å². The van der Waals surface area contributed by atoms with E-state index in [0.717, 1.165) is 16.6 Å². The van der Waals surface area contributed by atoms with Gasteiger partial charge in [0.2, 0.25) is 11.8 Å². The van der Waals surface area contributed by atoms with Gasteiger partial charge in [-0.25, -0.2) is 4.98 Å². The maximum Gasteiger partial charge on any atom is 0.227 e. The van der Waals surface area contributed by atoms with Crippen molar-refractivity contribution in [3.63, 3.8) is 0 Å². The molecule has 0 atom stereocenters. The molecular weight excluding hydrogens is 290 g/mol. The molecule has 6 nitrogen and oxygen atoms in total. The van der Waals surface area contributed by atoms with E-state index in [1.54, 1.807) is 25.5 Å². The smallest absolute Gasteiger partial charge is 0.227 e. The van der Waals surface area contributed by atoms with Crippen LogP contribution in [0.25, 0.3) is 10.2 Å². The van der Waals surface area contributed by atoms with E-state index in [-0.39, 0.29) is 0 Å². The topological polar surface area (TPSA) is 65.5 Å². The fraction of sp³-hybridized carbons (Fsp3) is 0.571. The quantitative estimate of drug-likeness (QED) is 0.718. The van der Waals surface area contributed by atoms with Gasteiger partial charge in [-0.1, -0.05) is 0 Å². The molecular formula is C14H21N3O3S. The van der Waals surface area contributed by atoms with Gasteiger partial charge in [-0.05, 0) is 13.0 Å². The summed E-state index contributed by atoms with van der Waals surface area (Å²) in [6, 6.07) is 2.06. The Hall–Kier alpha value is -1.44. The third-order valence-corrected chi connectivity index (χ3v) is 3.75. The SMILES string of the molecule is CNc1nc(OCCCOCCOC)c2cc(C)sc2n1. The Morgan fingerprint density at radius 3 is 2.81 bits per heavy atom. The molecule has 2 rings (SSSR count). The summed E-state index contributed by atoms with van der Waals surface area (Å²) in [4.78, 5) is 10.9. The van der Waals surface area contributed by atoms with Crippen LogP contribution in [0.3, 0.4) is 0 Å². The number of methoxy groups -OCH3 is 1. The summed E-state index contributed by atoms with van der Waals surface area (Å²) in [6.45, 7) is 4.50. The van der Waals surface area contributed by atoms with Crippen LogP contribution in [-0.4, -0.2) is 50.6 Å². The molecule has 0 spiro atoms. The number of thiophene rings is 1. The van der Waals surface area contributed by atoms with Gasteiger partial charge in [-0.3, -0.25) is 0 Å². The van der Waals surface area contributed by atoms with Gasteiger partial charge in [0.15, 0.2) is 0 Å². The number of aryl methyl sites for hydroxylation is 1. The van der Waals surface area contributed by atoms with E-state index in [2.05, 4.69) is 28.3 Å². The lowest BCUT2D eigenvalue weighted by molar-refractivity contribution is 0.0643. The van der Waals surface area contributed by atoms with Gasteiger partial charge < -0.3 is 19.5 Å². The van der Waals surface area contributed by atoms with Crippen molar-refractivity contribution in [1.82, 2.24) is 9.97 Å². The monoisotopic (exact) mass is 311 g/mol. The zero-order chi connectivity index (χ0) is 15.1. The van der Waals surface area contributed by atoms with Crippen LogP contribution in [0.5, 0.6) is 5.88 Å². The normalized spacial score (nSPS) is 11.0. The molecule has 2 aromatic rings. The predicted molar refractivity (Wildman–Crippen MR) is 84.5 cm³/mol. The highest BCUT2D eigenvalue weighted by Crippen LogP contribution is 2.30. The molecule has 0 radical (unpaired) electrons. The molecule has 116 valence electrons. The Labute approximate surface area is 128 Å². The van der Waals surface area contributed by atoms with Crippen molar-refractivity contribution in [3.8, 4) is 5.88 Å². The van der Waals surface area contributed by atoms with E-state index in [0.29, 0.717) is 38.3 Å². The van der Waals surface area contributed by atoms with Crippen molar-refractivity contribution in [1.29, 1.82) is 0 Å². The summed E-state index contributed by atoms with van der Waals surface area (Å²) in [7, 11) is 3.46.